The molecule has 1 saturated heterocycles. The number of halogens is 1. The van der Waals surface area contributed by atoms with Gasteiger partial charge in [-0.25, -0.2) is 8.42 Å². The second-order valence-corrected chi connectivity index (χ2v) is 22.7. The number of allylic oxidation sites excluding steroid dienone is 4. The van der Waals surface area contributed by atoms with Crippen molar-refractivity contribution in [3.8, 4) is 5.88 Å². The van der Waals surface area contributed by atoms with Crippen LogP contribution in [0, 0.1) is 56.7 Å². The lowest BCUT2D eigenvalue weighted by Gasteiger charge is -2.72. The standard InChI is InChI=1S/C45H66FN3O5S/c1-40(2)32(31-13-20-44(21-14-31,39(50)51)30-54-38-10-6-9-37(46)48-38)15-18-41(3)35(40)16-19-43(5)36(41)12-11-33-34-8-7-17-45(34,23-22-42(33,43)4)47-24-25-49-26-28-55(52,53)29-27-49/h6,9-10,13,15,33-36,47H,7-8,11-12,14,16-30H2,1-5H3,(H,50,51)/t33-,34-,35?,36?,41+,42-,43-,44-,45+/m1/s1. The largest absolute Gasteiger partial charge is 0.481 e. The SMILES string of the molecule is CC1(C)C(C2=CC[C@@](COc3cccc(F)n3)(C(=O)O)CC2)=CC[C@@]2(C)C1CC[C@]1(C)C2CC[C@@H]2[C@H]3CCC[C@]3(NCCN3CCS(=O)(=O)CC3)CC[C@]21C. The van der Waals surface area contributed by atoms with Crippen LogP contribution in [0.1, 0.15) is 118 Å². The molecule has 2 unspecified atom stereocenters. The molecule has 5 fully saturated rings. The van der Waals surface area contributed by atoms with Gasteiger partial charge in [0.15, 0.2) is 9.84 Å². The molecule has 0 aromatic carbocycles. The molecular weight excluding hydrogens is 714 g/mol. The maximum Gasteiger partial charge on any atom is 0.313 e. The topological polar surface area (TPSA) is 109 Å². The number of nitrogens with zero attached hydrogens (tertiary/aromatic N) is 2. The summed E-state index contributed by atoms with van der Waals surface area (Å²) in [6.07, 6.45) is 19.0. The monoisotopic (exact) mass is 779 g/mol. The summed E-state index contributed by atoms with van der Waals surface area (Å²) in [5.41, 5.74) is 2.71. The molecule has 1 aromatic heterocycles. The zero-order valence-corrected chi connectivity index (χ0v) is 34.9. The molecule has 0 radical (unpaired) electrons. The van der Waals surface area contributed by atoms with Crippen molar-refractivity contribution in [2.45, 2.75) is 124 Å². The van der Waals surface area contributed by atoms with E-state index in [9.17, 15) is 22.7 Å². The van der Waals surface area contributed by atoms with Crippen LogP contribution in [0.5, 0.6) is 5.88 Å². The number of sulfone groups is 1. The lowest BCUT2D eigenvalue weighted by atomic mass is 9.33. The highest BCUT2D eigenvalue weighted by molar-refractivity contribution is 7.91. The number of rotatable bonds is 9. The van der Waals surface area contributed by atoms with Gasteiger partial charge in [-0.15, -0.1) is 0 Å². The number of pyridine rings is 1. The Balaban J connectivity index is 0.973. The number of carbonyl (C=O) groups is 1. The van der Waals surface area contributed by atoms with Crippen LogP contribution in [-0.2, 0) is 14.6 Å². The number of aromatic nitrogens is 1. The molecule has 0 bridgehead atoms. The van der Waals surface area contributed by atoms with Gasteiger partial charge < -0.3 is 20.1 Å². The van der Waals surface area contributed by atoms with E-state index in [1.54, 1.807) is 6.07 Å². The Morgan fingerprint density at radius 3 is 2.42 bits per heavy atom. The van der Waals surface area contributed by atoms with E-state index in [4.69, 9.17) is 4.74 Å². The first-order valence-electron chi connectivity index (χ1n) is 21.5. The Bertz CT molecular complexity index is 1830. The number of aliphatic carboxylic acids is 1. The first-order valence-corrected chi connectivity index (χ1v) is 23.4. The van der Waals surface area contributed by atoms with Crippen molar-refractivity contribution >= 4 is 15.8 Å². The summed E-state index contributed by atoms with van der Waals surface area (Å²) in [4.78, 5) is 18.8. The van der Waals surface area contributed by atoms with Gasteiger partial charge in [0, 0.05) is 37.8 Å². The van der Waals surface area contributed by atoms with Crippen LogP contribution in [0.2, 0.25) is 0 Å². The molecule has 8 nitrogen and oxygen atoms in total. The number of ether oxygens (including phenoxy) is 1. The van der Waals surface area contributed by atoms with Gasteiger partial charge in [0.2, 0.25) is 11.8 Å². The van der Waals surface area contributed by atoms with Gasteiger partial charge in [-0.05, 0) is 140 Å². The van der Waals surface area contributed by atoms with Crippen LogP contribution in [0.3, 0.4) is 0 Å². The van der Waals surface area contributed by atoms with Crippen LogP contribution in [-0.4, -0.2) is 79.2 Å². The minimum atomic E-state index is -2.86. The van der Waals surface area contributed by atoms with E-state index in [1.165, 1.54) is 81.1 Å². The number of nitrogens with one attached hydrogen (secondary N) is 1. The van der Waals surface area contributed by atoms with Crippen LogP contribution in [0.25, 0.3) is 0 Å². The van der Waals surface area contributed by atoms with Gasteiger partial charge in [0.1, 0.15) is 12.0 Å². The third-order valence-corrected chi connectivity index (χ3v) is 19.5. The number of carboxylic acid groups (broad SMARTS) is 1. The number of fused-ring (bicyclic) bond motifs is 7. The van der Waals surface area contributed by atoms with E-state index >= 15 is 0 Å². The Morgan fingerprint density at radius 1 is 0.927 bits per heavy atom. The van der Waals surface area contributed by atoms with Gasteiger partial charge >= 0.3 is 5.97 Å². The average Bonchev–Trinajstić information content (AvgIpc) is 3.56. The van der Waals surface area contributed by atoms with Crippen molar-refractivity contribution in [3.05, 3.63) is 47.4 Å². The van der Waals surface area contributed by atoms with Crippen molar-refractivity contribution in [3.63, 3.8) is 0 Å². The highest BCUT2D eigenvalue weighted by atomic mass is 32.2. The summed E-state index contributed by atoms with van der Waals surface area (Å²) in [5.74, 6) is 1.91. The molecule has 0 spiro atoms. The number of hydrogen-bond acceptors (Lipinski definition) is 7. The maximum absolute atomic E-state index is 13.7. The highest BCUT2D eigenvalue weighted by Gasteiger charge is 2.69. The third-order valence-electron chi connectivity index (χ3n) is 17.9. The zero-order valence-electron chi connectivity index (χ0n) is 34.1. The summed E-state index contributed by atoms with van der Waals surface area (Å²) in [6.45, 7) is 16.2. The third kappa shape index (κ3) is 6.45. The Hall–Kier alpha value is -2.30. The smallest absolute Gasteiger partial charge is 0.313 e. The highest BCUT2D eigenvalue weighted by Crippen LogP contribution is 2.76. The van der Waals surface area contributed by atoms with Crippen molar-refractivity contribution in [1.82, 2.24) is 15.2 Å². The van der Waals surface area contributed by atoms with Crippen LogP contribution in [0.15, 0.2) is 41.5 Å². The Morgan fingerprint density at radius 2 is 1.71 bits per heavy atom. The maximum atomic E-state index is 13.7. The minimum Gasteiger partial charge on any atom is -0.481 e. The number of hydrogen-bond donors (Lipinski definition) is 2. The van der Waals surface area contributed by atoms with Gasteiger partial charge in [-0.2, -0.15) is 9.37 Å². The molecule has 10 heteroatoms. The molecule has 9 atom stereocenters. The Labute approximate surface area is 329 Å². The van der Waals surface area contributed by atoms with Crippen LogP contribution in [0.4, 0.5) is 4.39 Å². The lowest BCUT2D eigenvalue weighted by Crippen LogP contribution is -2.67. The fourth-order valence-corrected chi connectivity index (χ4v) is 16.0. The normalized spacial score (nSPS) is 42.1. The zero-order chi connectivity index (χ0) is 39.1. The van der Waals surface area contributed by atoms with Crippen molar-refractivity contribution < 1.29 is 27.4 Å². The van der Waals surface area contributed by atoms with Crippen molar-refractivity contribution in [2.75, 3.05) is 44.3 Å². The second kappa shape index (κ2) is 13.9. The van der Waals surface area contributed by atoms with Gasteiger partial charge in [0.25, 0.3) is 0 Å². The van der Waals surface area contributed by atoms with Gasteiger partial charge in [-0.3, -0.25) is 4.79 Å². The Kier molecular flexibility index (Phi) is 10.0. The van der Waals surface area contributed by atoms with E-state index in [0.717, 1.165) is 31.3 Å². The summed E-state index contributed by atoms with van der Waals surface area (Å²) < 4.78 is 43.4. The summed E-state index contributed by atoms with van der Waals surface area (Å²) >= 11 is 0. The lowest BCUT2D eigenvalue weighted by molar-refractivity contribution is -0.218. The molecule has 7 aliphatic rings. The fraction of sp³-hybridized carbons (Fsp3) is 0.778. The van der Waals surface area contributed by atoms with E-state index in [0.29, 0.717) is 66.5 Å². The van der Waals surface area contributed by atoms with E-state index in [-0.39, 0.29) is 28.9 Å². The quantitative estimate of drug-likeness (QED) is 0.242. The summed E-state index contributed by atoms with van der Waals surface area (Å²) in [5, 5.41) is 14.5. The average molecular weight is 780 g/mol. The van der Waals surface area contributed by atoms with Gasteiger partial charge in [-0.1, -0.05) is 59.3 Å². The molecule has 6 aliphatic carbocycles. The van der Waals surface area contributed by atoms with Crippen molar-refractivity contribution in [2.24, 2.45) is 50.7 Å². The number of carboxylic acids is 1. The van der Waals surface area contributed by atoms with Gasteiger partial charge in [0.05, 0.1) is 11.5 Å². The molecule has 2 N–H and O–H groups in total. The predicted molar refractivity (Wildman–Crippen MR) is 214 cm³/mol. The molecule has 4 saturated carbocycles. The van der Waals surface area contributed by atoms with E-state index in [1.807, 2.05) is 0 Å². The molecule has 2 heterocycles. The molecule has 8 rings (SSSR count). The molecule has 304 valence electrons. The van der Waals surface area contributed by atoms with Crippen LogP contribution < -0.4 is 10.1 Å². The molecule has 1 aromatic rings. The molecule has 0 amide bonds. The minimum absolute atomic E-state index is 0.0151. The first-order chi connectivity index (χ1) is 26.0. The summed E-state index contributed by atoms with van der Waals surface area (Å²) in [6, 6.07) is 4.36. The molecule has 1 aliphatic heterocycles. The van der Waals surface area contributed by atoms with E-state index in [2.05, 4.69) is 62.0 Å². The van der Waals surface area contributed by atoms with E-state index < -0.39 is 27.2 Å². The molecular formula is C45H66FN3O5S. The summed E-state index contributed by atoms with van der Waals surface area (Å²) in [7, 11) is -2.86. The molecule has 55 heavy (non-hydrogen) atoms. The second-order valence-electron chi connectivity index (χ2n) is 20.4. The fourth-order valence-electron chi connectivity index (χ4n) is 14.7. The van der Waals surface area contributed by atoms with Crippen molar-refractivity contribution in [1.29, 1.82) is 0 Å². The predicted octanol–water partition coefficient (Wildman–Crippen LogP) is 8.24. The van der Waals surface area contributed by atoms with Crippen LogP contribution >= 0.6 is 0 Å². The first kappa shape index (κ1) is 39.5.